The number of hydrogen-bond acceptors (Lipinski definition) is 4. The molecule has 7 heteroatoms. The van der Waals surface area contributed by atoms with Crippen LogP contribution in [0.1, 0.15) is 31.2 Å². The number of H-pyrrole nitrogens is 1. The average Bonchev–Trinajstić information content (AvgIpc) is 2.58. The molecule has 1 aliphatic heterocycles. The van der Waals surface area contributed by atoms with Crippen molar-refractivity contribution in [1.82, 2.24) is 20.2 Å². The largest absolute Gasteiger partial charge is 0.317 e. The summed E-state index contributed by atoms with van der Waals surface area (Å²) in [4.78, 5) is 0.280. The molecule has 1 fully saturated rings. The van der Waals surface area contributed by atoms with Crippen molar-refractivity contribution in [3.05, 3.63) is 11.4 Å². The second kappa shape index (κ2) is 4.64. The van der Waals surface area contributed by atoms with E-state index >= 15 is 0 Å². The van der Waals surface area contributed by atoms with Gasteiger partial charge in [0, 0.05) is 5.54 Å². The third kappa shape index (κ3) is 2.57. The van der Waals surface area contributed by atoms with Crippen LogP contribution in [0.2, 0.25) is 0 Å². The molecule has 0 unspecified atom stereocenters. The van der Waals surface area contributed by atoms with E-state index in [1.807, 2.05) is 6.92 Å². The van der Waals surface area contributed by atoms with Gasteiger partial charge < -0.3 is 5.32 Å². The van der Waals surface area contributed by atoms with Gasteiger partial charge in [-0.25, -0.2) is 13.1 Å². The third-order valence-corrected chi connectivity index (χ3v) is 5.32. The molecule has 1 aliphatic rings. The summed E-state index contributed by atoms with van der Waals surface area (Å²) < 4.78 is 27.7. The number of aromatic amines is 1. The quantitative estimate of drug-likeness (QED) is 0.745. The minimum absolute atomic E-state index is 0.280. The summed E-state index contributed by atoms with van der Waals surface area (Å²) in [5.41, 5.74) is 0.718. The Kier molecular flexibility index (Phi) is 3.48. The fourth-order valence-electron chi connectivity index (χ4n) is 2.39. The van der Waals surface area contributed by atoms with E-state index in [0.29, 0.717) is 11.4 Å². The first-order valence-electron chi connectivity index (χ1n) is 6.10. The Balaban J connectivity index is 2.27. The topological polar surface area (TPSA) is 86.9 Å². The molecular weight excluding hydrogens is 252 g/mol. The summed E-state index contributed by atoms with van der Waals surface area (Å²) in [6.45, 7) is 7.04. The van der Waals surface area contributed by atoms with E-state index < -0.39 is 10.0 Å². The smallest absolute Gasteiger partial charge is 0.244 e. The lowest BCUT2D eigenvalue weighted by Crippen LogP contribution is -2.52. The fraction of sp³-hybridized carbons (Fsp3) is 0.727. The highest BCUT2D eigenvalue weighted by Crippen LogP contribution is 2.23. The average molecular weight is 272 g/mol. The van der Waals surface area contributed by atoms with Crippen molar-refractivity contribution in [2.24, 2.45) is 0 Å². The van der Waals surface area contributed by atoms with Gasteiger partial charge in [-0.2, -0.15) is 5.10 Å². The molecule has 2 rings (SSSR count). The monoisotopic (exact) mass is 272 g/mol. The van der Waals surface area contributed by atoms with Crippen LogP contribution in [-0.2, 0) is 10.0 Å². The minimum atomic E-state index is -3.51. The van der Waals surface area contributed by atoms with Crippen LogP contribution < -0.4 is 10.0 Å². The van der Waals surface area contributed by atoms with Crippen LogP contribution in [-0.4, -0.2) is 37.2 Å². The maximum Gasteiger partial charge on any atom is 0.244 e. The van der Waals surface area contributed by atoms with E-state index in [1.165, 1.54) is 0 Å². The molecule has 18 heavy (non-hydrogen) atoms. The van der Waals surface area contributed by atoms with E-state index in [4.69, 9.17) is 0 Å². The van der Waals surface area contributed by atoms with Crippen molar-refractivity contribution in [2.75, 3.05) is 13.1 Å². The van der Waals surface area contributed by atoms with Gasteiger partial charge in [-0.1, -0.05) is 0 Å². The SMILES string of the molecule is Cc1n[nH]c(C)c1S(=O)(=O)NC1(C)CCNCC1. The molecule has 0 bridgehead atoms. The molecule has 0 atom stereocenters. The first kappa shape index (κ1) is 13.5. The van der Waals surface area contributed by atoms with Crippen LogP contribution in [0, 0.1) is 13.8 Å². The van der Waals surface area contributed by atoms with E-state index in [-0.39, 0.29) is 10.4 Å². The molecule has 0 aromatic carbocycles. The zero-order valence-corrected chi connectivity index (χ0v) is 11.8. The van der Waals surface area contributed by atoms with E-state index in [1.54, 1.807) is 13.8 Å². The maximum absolute atomic E-state index is 12.4. The van der Waals surface area contributed by atoms with Gasteiger partial charge >= 0.3 is 0 Å². The third-order valence-electron chi connectivity index (χ3n) is 3.42. The molecule has 1 saturated heterocycles. The lowest BCUT2D eigenvalue weighted by atomic mass is 9.92. The highest BCUT2D eigenvalue weighted by molar-refractivity contribution is 7.89. The van der Waals surface area contributed by atoms with Crippen LogP contribution in [0.25, 0.3) is 0 Å². The van der Waals surface area contributed by atoms with Crippen molar-refractivity contribution in [3.63, 3.8) is 0 Å². The number of nitrogens with zero attached hydrogens (tertiary/aromatic N) is 1. The first-order chi connectivity index (χ1) is 8.34. The standard InChI is InChI=1S/C11H20N4O2S/c1-8-10(9(2)14-13-8)18(16,17)15-11(3)4-6-12-7-5-11/h12,15H,4-7H2,1-3H3,(H,13,14). The van der Waals surface area contributed by atoms with Crippen LogP contribution >= 0.6 is 0 Å². The lowest BCUT2D eigenvalue weighted by molar-refractivity contribution is 0.308. The summed E-state index contributed by atoms with van der Waals surface area (Å²) >= 11 is 0. The molecule has 0 aliphatic carbocycles. The Bertz CT molecular complexity index is 510. The molecule has 3 N–H and O–H groups in total. The van der Waals surface area contributed by atoms with Crippen molar-refractivity contribution < 1.29 is 8.42 Å². The molecule has 2 heterocycles. The van der Waals surface area contributed by atoms with Crippen molar-refractivity contribution in [2.45, 2.75) is 44.0 Å². The summed E-state index contributed by atoms with van der Waals surface area (Å²) in [6, 6.07) is 0. The highest BCUT2D eigenvalue weighted by atomic mass is 32.2. The van der Waals surface area contributed by atoms with Crippen LogP contribution in [0.4, 0.5) is 0 Å². The highest BCUT2D eigenvalue weighted by Gasteiger charge is 2.34. The second-order valence-corrected chi connectivity index (χ2v) is 6.80. The number of sulfonamides is 1. The number of aromatic nitrogens is 2. The first-order valence-corrected chi connectivity index (χ1v) is 7.59. The van der Waals surface area contributed by atoms with Gasteiger partial charge in [-0.3, -0.25) is 5.10 Å². The predicted octanol–water partition coefficient (Wildman–Crippen LogP) is 0.447. The molecule has 102 valence electrons. The molecule has 0 spiro atoms. The van der Waals surface area contributed by atoms with Gasteiger partial charge in [0.1, 0.15) is 4.90 Å². The van der Waals surface area contributed by atoms with Crippen molar-refractivity contribution >= 4 is 10.0 Å². The fourth-order valence-corrected chi connectivity index (χ4v) is 4.23. The second-order valence-electron chi connectivity index (χ2n) is 5.18. The van der Waals surface area contributed by atoms with E-state index in [9.17, 15) is 8.42 Å². The number of piperidine rings is 1. The summed E-state index contributed by atoms with van der Waals surface area (Å²) in [7, 11) is -3.51. The van der Waals surface area contributed by atoms with E-state index in [2.05, 4.69) is 20.2 Å². The number of hydrogen-bond donors (Lipinski definition) is 3. The normalized spacial score (nSPS) is 19.9. The van der Waals surface area contributed by atoms with Gasteiger partial charge in [-0.05, 0) is 46.7 Å². The number of nitrogens with one attached hydrogen (secondary N) is 3. The van der Waals surface area contributed by atoms with Gasteiger partial charge in [-0.15, -0.1) is 0 Å². The van der Waals surface area contributed by atoms with Crippen molar-refractivity contribution in [1.29, 1.82) is 0 Å². The molecule has 0 radical (unpaired) electrons. The van der Waals surface area contributed by atoms with Gasteiger partial charge in [0.2, 0.25) is 10.0 Å². The zero-order valence-electron chi connectivity index (χ0n) is 11.0. The Morgan fingerprint density at radius 1 is 1.28 bits per heavy atom. The Morgan fingerprint density at radius 2 is 1.89 bits per heavy atom. The number of rotatable bonds is 3. The molecule has 1 aromatic heterocycles. The molecule has 1 aromatic rings. The van der Waals surface area contributed by atoms with Crippen LogP contribution in [0.15, 0.2) is 4.90 Å². The van der Waals surface area contributed by atoms with Crippen molar-refractivity contribution in [3.8, 4) is 0 Å². The Morgan fingerprint density at radius 3 is 2.39 bits per heavy atom. The lowest BCUT2D eigenvalue weighted by Gasteiger charge is -2.34. The Hall–Kier alpha value is -0.920. The van der Waals surface area contributed by atoms with E-state index in [0.717, 1.165) is 25.9 Å². The summed E-state index contributed by atoms with van der Waals surface area (Å²) in [5.74, 6) is 0. The maximum atomic E-state index is 12.4. The van der Waals surface area contributed by atoms with Crippen LogP contribution in [0.3, 0.4) is 0 Å². The van der Waals surface area contributed by atoms with Gasteiger partial charge in [0.05, 0.1) is 11.4 Å². The molecule has 0 amide bonds. The molecule has 0 saturated carbocycles. The molecule has 6 nitrogen and oxygen atoms in total. The number of aryl methyl sites for hydroxylation is 2. The molecular formula is C11H20N4O2S. The minimum Gasteiger partial charge on any atom is -0.317 e. The summed E-state index contributed by atoms with van der Waals surface area (Å²) in [6.07, 6.45) is 1.59. The van der Waals surface area contributed by atoms with Gasteiger partial charge in [0.25, 0.3) is 0 Å². The van der Waals surface area contributed by atoms with Gasteiger partial charge in [0.15, 0.2) is 0 Å². The zero-order chi connectivity index (χ0) is 13.4. The Labute approximate surface area is 108 Å². The predicted molar refractivity (Wildman–Crippen MR) is 68.9 cm³/mol. The van der Waals surface area contributed by atoms with Crippen LogP contribution in [0.5, 0.6) is 0 Å². The summed E-state index contributed by atoms with van der Waals surface area (Å²) in [5, 5.41) is 9.88.